The number of aromatic nitrogens is 1. The SMILES string of the molecule is CO[C@H]1C[C@@H](C(=O)Nc2ccc(-n3ccccc3=O)cc2F)C[C@@H]1C(N)=O. The summed E-state index contributed by atoms with van der Waals surface area (Å²) >= 11 is 0. The summed E-state index contributed by atoms with van der Waals surface area (Å²) in [6, 6.07) is 8.74. The van der Waals surface area contributed by atoms with Crippen molar-refractivity contribution >= 4 is 17.5 Å². The molecule has 0 spiro atoms. The summed E-state index contributed by atoms with van der Waals surface area (Å²) in [5, 5.41) is 2.54. The summed E-state index contributed by atoms with van der Waals surface area (Å²) in [7, 11) is 1.46. The second-order valence-electron chi connectivity index (χ2n) is 6.51. The number of hydrogen-bond donors (Lipinski definition) is 2. The first-order chi connectivity index (χ1) is 12.9. The molecule has 8 heteroatoms. The number of amides is 2. The standard InChI is InChI=1S/C19H20FN3O4/c1-27-16-9-11(8-13(16)18(21)25)19(26)22-15-6-5-12(10-14(15)20)23-7-3-2-4-17(23)24/h2-7,10-11,13,16H,8-9H2,1H3,(H2,21,25)(H,22,26)/t11-,13-,16-/m0/s1. The fourth-order valence-corrected chi connectivity index (χ4v) is 3.40. The summed E-state index contributed by atoms with van der Waals surface area (Å²) in [5.41, 5.74) is 5.42. The number of nitrogens with one attached hydrogen (secondary N) is 1. The third-order valence-corrected chi connectivity index (χ3v) is 4.85. The predicted octanol–water partition coefficient (Wildman–Crippen LogP) is 1.44. The highest BCUT2D eigenvalue weighted by molar-refractivity contribution is 5.93. The van der Waals surface area contributed by atoms with Crippen LogP contribution in [0.15, 0.2) is 47.4 Å². The van der Waals surface area contributed by atoms with E-state index >= 15 is 0 Å². The lowest BCUT2D eigenvalue weighted by Crippen LogP contribution is -2.30. The van der Waals surface area contributed by atoms with Crippen LogP contribution < -0.4 is 16.6 Å². The lowest BCUT2D eigenvalue weighted by atomic mass is 10.0. The number of nitrogens with zero attached hydrogens (tertiary/aromatic N) is 1. The van der Waals surface area contributed by atoms with Crippen LogP contribution in [0.2, 0.25) is 0 Å². The molecule has 1 fully saturated rings. The summed E-state index contributed by atoms with van der Waals surface area (Å²) in [4.78, 5) is 35.8. The molecule has 3 N–H and O–H groups in total. The molecule has 1 aromatic heterocycles. The first-order valence-electron chi connectivity index (χ1n) is 8.51. The maximum absolute atomic E-state index is 14.4. The fraction of sp³-hybridized carbons (Fsp3) is 0.316. The molecule has 0 bridgehead atoms. The Hall–Kier alpha value is -3.00. The molecule has 142 valence electrons. The normalized spacial score (nSPS) is 21.8. The van der Waals surface area contributed by atoms with Gasteiger partial charge in [-0.15, -0.1) is 0 Å². The molecule has 27 heavy (non-hydrogen) atoms. The van der Waals surface area contributed by atoms with E-state index in [1.807, 2.05) is 0 Å². The van der Waals surface area contributed by atoms with Crippen molar-refractivity contribution in [3.8, 4) is 5.69 Å². The van der Waals surface area contributed by atoms with E-state index in [9.17, 15) is 18.8 Å². The lowest BCUT2D eigenvalue weighted by molar-refractivity contribution is -0.125. The van der Waals surface area contributed by atoms with Crippen molar-refractivity contribution in [2.45, 2.75) is 18.9 Å². The van der Waals surface area contributed by atoms with E-state index in [1.165, 1.54) is 36.1 Å². The van der Waals surface area contributed by atoms with Gasteiger partial charge in [0, 0.05) is 31.4 Å². The summed E-state index contributed by atoms with van der Waals surface area (Å²) in [6.07, 6.45) is 1.71. The largest absolute Gasteiger partial charge is 0.381 e. The Labute approximate surface area is 154 Å². The van der Waals surface area contributed by atoms with E-state index in [2.05, 4.69) is 5.32 Å². The van der Waals surface area contributed by atoms with E-state index in [-0.39, 0.29) is 17.7 Å². The minimum Gasteiger partial charge on any atom is -0.381 e. The van der Waals surface area contributed by atoms with Gasteiger partial charge in [0.2, 0.25) is 11.8 Å². The highest BCUT2D eigenvalue weighted by atomic mass is 19.1. The van der Waals surface area contributed by atoms with E-state index in [0.29, 0.717) is 12.1 Å². The zero-order valence-electron chi connectivity index (χ0n) is 14.7. The Bertz CT molecular complexity index is 927. The number of carbonyl (C=O) groups excluding carboxylic acids is 2. The maximum Gasteiger partial charge on any atom is 0.255 e. The van der Waals surface area contributed by atoms with Crippen LogP contribution in [0.1, 0.15) is 12.8 Å². The number of nitrogens with two attached hydrogens (primary N) is 1. The van der Waals surface area contributed by atoms with Gasteiger partial charge in [0.05, 0.1) is 23.4 Å². The highest BCUT2D eigenvalue weighted by Gasteiger charge is 2.41. The third-order valence-electron chi connectivity index (χ3n) is 4.85. The Morgan fingerprint density at radius 2 is 2.04 bits per heavy atom. The lowest BCUT2D eigenvalue weighted by Gasteiger charge is -2.13. The van der Waals surface area contributed by atoms with Gasteiger partial charge in [-0.25, -0.2) is 4.39 Å². The van der Waals surface area contributed by atoms with Gasteiger partial charge in [-0.3, -0.25) is 19.0 Å². The molecular weight excluding hydrogens is 353 g/mol. The molecule has 1 aliphatic rings. The monoisotopic (exact) mass is 373 g/mol. The summed E-state index contributed by atoms with van der Waals surface area (Å²) < 4.78 is 21.0. The Kier molecular flexibility index (Phi) is 5.36. The van der Waals surface area contributed by atoms with Crippen LogP contribution in [0.4, 0.5) is 10.1 Å². The molecule has 0 radical (unpaired) electrons. The zero-order chi connectivity index (χ0) is 19.6. The number of carbonyl (C=O) groups is 2. The van der Waals surface area contributed by atoms with E-state index in [0.717, 1.165) is 0 Å². The Morgan fingerprint density at radius 3 is 2.63 bits per heavy atom. The van der Waals surface area contributed by atoms with Gasteiger partial charge in [-0.2, -0.15) is 0 Å². The van der Waals surface area contributed by atoms with Crippen LogP contribution in [-0.2, 0) is 14.3 Å². The molecule has 1 aromatic carbocycles. The van der Waals surface area contributed by atoms with Gasteiger partial charge < -0.3 is 15.8 Å². The van der Waals surface area contributed by atoms with Crippen LogP contribution in [0.5, 0.6) is 0 Å². The molecule has 3 atom stereocenters. The van der Waals surface area contributed by atoms with E-state index in [4.69, 9.17) is 10.5 Å². The van der Waals surface area contributed by atoms with Crippen LogP contribution in [0, 0.1) is 17.7 Å². The topological polar surface area (TPSA) is 103 Å². The third kappa shape index (κ3) is 3.90. The number of methoxy groups -OCH3 is 1. The van der Waals surface area contributed by atoms with Crippen LogP contribution in [-0.4, -0.2) is 29.6 Å². The van der Waals surface area contributed by atoms with Crippen LogP contribution in [0.3, 0.4) is 0 Å². The molecule has 3 rings (SSSR count). The fourth-order valence-electron chi connectivity index (χ4n) is 3.40. The number of anilines is 1. The molecule has 1 saturated carbocycles. The molecule has 0 aliphatic heterocycles. The minimum absolute atomic E-state index is 0.00391. The highest BCUT2D eigenvalue weighted by Crippen LogP contribution is 2.34. The van der Waals surface area contributed by atoms with Gasteiger partial charge in [-0.05, 0) is 31.0 Å². The zero-order valence-corrected chi connectivity index (χ0v) is 14.7. The van der Waals surface area contributed by atoms with Gasteiger partial charge in [0.15, 0.2) is 0 Å². The number of ether oxygens (including phenoxy) is 1. The van der Waals surface area contributed by atoms with Gasteiger partial charge in [0.1, 0.15) is 5.82 Å². The molecular formula is C19H20FN3O4. The van der Waals surface area contributed by atoms with Crippen molar-refractivity contribution in [1.29, 1.82) is 0 Å². The van der Waals surface area contributed by atoms with Crippen LogP contribution >= 0.6 is 0 Å². The van der Waals surface area contributed by atoms with E-state index < -0.39 is 35.6 Å². The van der Waals surface area contributed by atoms with Gasteiger partial charge >= 0.3 is 0 Å². The van der Waals surface area contributed by atoms with Gasteiger partial charge in [-0.1, -0.05) is 6.07 Å². The Morgan fingerprint density at radius 1 is 1.26 bits per heavy atom. The maximum atomic E-state index is 14.4. The molecule has 2 aromatic rings. The van der Waals surface area contributed by atoms with Crippen molar-refractivity contribution in [1.82, 2.24) is 4.57 Å². The first kappa shape index (κ1) is 18.8. The van der Waals surface area contributed by atoms with Crippen molar-refractivity contribution in [3.05, 3.63) is 58.8 Å². The quantitative estimate of drug-likeness (QED) is 0.828. The molecule has 7 nitrogen and oxygen atoms in total. The first-order valence-corrected chi connectivity index (χ1v) is 8.51. The van der Waals surface area contributed by atoms with Gasteiger partial charge in [0.25, 0.3) is 5.56 Å². The average Bonchev–Trinajstić information content (AvgIpc) is 3.09. The van der Waals surface area contributed by atoms with Crippen molar-refractivity contribution in [3.63, 3.8) is 0 Å². The van der Waals surface area contributed by atoms with Crippen molar-refractivity contribution < 1.29 is 18.7 Å². The number of halogens is 1. The van der Waals surface area contributed by atoms with Crippen molar-refractivity contribution in [2.24, 2.45) is 17.6 Å². The summed E-state index contributed by atoms with van der Waals surface area (Å²) in [5.74, 6) is -2.61. The second-order valence-corrected chi connectivity index (χ2v) is 6.51. The second kappa shape index (κ2) is 7.71. The molecule has 0 unspecified atom stereocenters. The van der Waals surface area contributed by atoms with Crippen molar-refractivity contribution in [2.75, 3.05) is 12.4 Å². The number of primary amides is 1. The predicted molar refractivity (Wildman–Crippen MR) is 96.8 cm³/mol. The van der Waals surface area contributed by atoms with E-state index in [1.54, 1.807) is 18.2 Å². The number of pyridine rings is 1. The number of hydrogen-bond acceptors (Lipinski definition) is 4. The minimum atomic E-state index is -0.663. The molecule has 1 aliphatic carbocycles. The smallest absolute Gasteiger partial charge is 0.255 e. The number of benzene rings is 1. The van der Waals surface area contributed by atoms with Crippen LogP contribution in [0.25, 0.3) is 5.69 Å². The molecule has 2 amide bonds. The Balaban J connectivity index is 1.75. The summed E-state index contributed by atoms with van der Waals surface area (Å²) in [6.45, 7) is 0. The number of rotatable bonds is 5. The molecule has 1 heterocycles. The molecule has 0 saturated heterocycles. The average molecular weight is 373 g/mol.